The molecular weight excluding hydrogens is 210 g/mol. The molecule has 1 unspecified atom stereocenters. The average Bonchev–Trinajstić information content (AvgIpc) is 2.28. The Labute approximate surface area is 104 Å². The molecule has 1 heterocycles. The topological polar surface area (TPSA) is 23.5 Å². The lowest BCUT2D eigenvalue weighted by atomic mass is 9.87. The van der Waals surface area contributed by atoms with Crippen LogP contribution in [0.4, 0.5) is 0 Å². The first-order valence-corrected chi connectivity index (χ1v) is 6.49. The predicted octanol–water partition coefficient (Wildman–Crippen LogP) is 2.73. The van der Waals surface area contributed by atoms with Crippen molar-refractivity contribution < 1.29 is 5.11 Å². The van der Waals surface area contributed by atoms with Crippen LogP contribution in [0.3, 0.4) is 0 Å². The Morgan fingerprint density at radius 3 is 2.59 bits per heavy atom. The summed E-state index contributed by atoms with van der Waals surface area (Å²) in [7, 11) is 0. The SMILES string of the molecule is Cc1ccc(CN2CCCC(O)C2(C)C)cc1. The molecule has 1 saturated heterocycles. The maximum absolute atomic E-state index is 10.1. The Balaban J connectivity index is 2.09. The number of likely N-dealkylation sites (tertiary alicyclic amines) is 1. The van der Waals surface area contributed by atoms with Gasteiger partial charge in [-0.25, -0.2) is 0 Å². The van der Waals surface area contributed by atoms with Gasteiger partial charge in [-0.15, -0.1) is 0 Å². The molecular formula is C15H23NO. The third-order valence-electron chi connectivity index (χ3n) is 4.03. The Hall–Kier alpha value is -0.860. The number of hydrogen-bond donors (Lipinski definition) is 1. The minimum atomic E-state index is -0.207. The van der Waals surface area contributed by atoms with E-state index in [9.17, 15) is 5.11 Å². The predicted molar refractivity (Wildman–Crippen MR) is 70.9 cm³/mol. The van der Waals surface area contributed by atoms with Crippen molar-refractivity contribution >= 4 is 0 Å². The maximum Gasteiger partial charge on any atom is 0.0719 e. The Morgan fingerprint density at radius 1 is 1.29 bits per heavy atom. The number of piperidine rings is 1. The summed E-state index contributed by atoms with van der Waals surface area (Å²) < 4.78 is 0. The Kier molecular flexibility index (Phi) is 3.55. The van der Waals surface area contributed by atoms with Gasteiger partial charge < -0.3 is 5.11 Å². The van der Waals surface area contributed by atoms with Crippen LogP contribution >= 0.6 is 0 Å². The second-order valence-corrected chi connectivity index (χ2v) is 5.72. The van der Waals surface area contributed by atoms with Gasteiger partial charge in [0, 0.05) is 12.1 Å². The van der Waals surface area contributed by atoms with E-state index in [0.717, 1.165) is 25.9 Å². The van der Waals surface area contributed by atoms with Crippen LogP contribution in [0.2, 0.25) is 0 Å². The molecule has 1 fully saturated rings. The Bertz CT molecular complexity index is 369. The summed E-state index contributed by atoms with van der Waals surface area (Å²) in [6, 6.07) is 8.68. The summed E-state index contributed by atoms with van der Waals surface area (Å²) in [5, 5.41) is 10.1. The Morgan fingerprint density at radius 2 is 1.94 bits per heavy atom. The highest BCUT2D eigenvalue weighted by Gasteiger charge is 2.37. The lowest BCUT2D eigenvalue weighted by Crippen LogP contribution is -2.55. The molecule has 1 atom stereocenters. The zero-order valence-corrected chi connectivity index (χ0v) is 11.1. The molecule has 0 saturated carbocycles. The van der Waals surface area contributed by atoms with E-state index < -0.39 is 0 Å². The summed E-state index contributed by atoms with van der Waals surface area (Å²) in [4.78, 5) is 2.39. The van der Waals surface area contributed by atoms with Crippen LogP contribution in [0, 0.1) is 6.92 Å². The van der Waals surface area contributed by atoms with Crippen molar-refractivity contribution in [2.45, 2.75) is 51.8 Å². The molecule has 1 aromatic carbocycles. The van der Waals surface area contributed by atoms with Gasteiger partial charge in [0.05, 0.1) is 6.10 Å². The van der Waals surface area contributed by atoms with Crippen molar-refractivity contribution in [1.82, 2.24) is 4.90 Å². The van der Waals surface area contributed by atoms with E-state index in [1.165, 1.54) is 11.1 Å². The van der Waals surface area contributed by atoms with Gasteiger partial charge in [-0.05, 0) is 45.7 Å². The van der Waals surface area contributed by atoms with Gasteiger partial charge >= 0.3 is 0 Å². The van der Waals surface area contributed by atoms with Crippen molar-refractivity contribution in [2.24, 2.45) is 0 Å². The number of benzene rings is 1. The van der Waals surface area contributed by atoms with Crippen LogP contribution in [0.1, 0.15) is 37.8 Å². The minimum Gasteiger partial charge on any atom is -0.391 e. The summed E-state index contributed by atoms with van der Waals surface area (Å²) in [6.07, 6.45) is 1.81. The largest absolute Gasteiger partial charge is 0.391 e. The molecule has 1 N–H and O–H groups in total. The van der Waals surface area contributed by atoms with E-state index in [1.807, 2.05) is 0 Å². The molecule has 0 aromatic heterocycles. The minimum absolute atomic E-state index is 0.108. The number of hydrogen-bond acceptors (Lipinski definition) is 2. The summed E-state index contributed by atoms with van der Waals surface area (Å²) in [5.74, 6) is 0. The van der Waals surface area contributed by atoms with Crippen molar-refractivity contribution in [3.8, 4) is 0 Å². The molecule has 1 aliphatic heterocycles. The number of aryl methyl sites for hydroxylation is 1. The average molecular weight is 233 g/mol. The fraction of sp³-hybridized carbons (Fsp3) is 0.600. The number of nitrogens with zero attached hydrogens (tertiary/aromatic N) is 1. The first kappa shape index (κ1) is 12.6. The third-order valence-corrected chi connectivity index (χ3v) is 4.03. The van der Waals surface area contributed by atoms with E-state index in [2.05, 4.69) is 49.9 Å². The van der Waals surface area contributed by atoms with E-state index in [4.69, 9.17) is 0 Å². The molecule has 2 nitrogen and oxygen atoms in total. The van der Waals surface area contributed by atoms with Crippen molar-refractivity contribution in [2.75, 3.05) is 6.54 Å². The van der Waals surface area contributed by atoms with E-state index in [1.54, 1.807) is 0 Å². The van der Waals surface area contributed by atoms with Gasteiger partial charge in [-0.2, -0.15) is 0 Å². The van der Waals surface area contributed by atoms with Gasteiger partial charge in [0.15, 0.2) is 0 Å². The molecule has 0 spiro atoms. The van der Waals surface area contributed by atoms with Crippen molar-refractivity contribution in [3.05, 3.63) is 35.4 Å². The third kappa shape index (κ3) is 2.70. The van der Waals surface area contributed by atoms with Crippen LogP contribution in [0.5, 0.6) is 0 Å². The highest BCUT2D eigenvalue weighted by molar-refractivity contribution is 5.21. The molecule has 0 radical (unpaired) electrons. The molecule has 0 aliphatic carbocycles. The van der Waals surface area contributed by atoms with Gasteiger partial charge in [0.2, 0.25) is 0 Å². The highest BCUT2D eigenvalue weighted by Crippen LogP contribution is 2.29. The lowest BCUT2D eigenvalue weighted by molar-refractivity contribution is -0.0481. The zero-order chi connectivity index (χ0) is 12.5. The van der Waals surface area contributed by atoms with Crippen LogP contribution in [0.25, 0.3) is 0 Å². The van der Waals surface area contributed by atoms with Crippen LogP contribution < -0.4 is 0 Å². The number of aliphatic hydroxyl groups is 1. The monoisotopic (exact) mass is 233 g/mol. The summed E-state index contributed by atoms with van der Waals surface area (Å²) in [5.41, 5.74) is 2.52. The van der Waals surface area contributed by atoms with Crippen LogP contribution in [0.15, 0.2) is 24.3 Å². The van der Waals surface area contributed by atoms with Gasteiger partial charge in [-0.1, -0.05) is 29.8 Å². The number of rotatable bonds is 2. The lowest BCUT2D eigenvalue weighted by Gasteiger charge is -2.46. The molecule has 0 bridgehead atoms. The van der Waals surface area contributed by atoms with Crippen molar-refractivity contribution in [3.63, 3.8) is 0 Å². The van der Waals surface area contributed by atoms with Gasteiger partial charge in [0.1, 0.15) is 0 Å². The van der Waals surface area contributed by atoms with Gasteiger partial charge in [-0.3, -0.25) is 4.90 Å². The van der Waals surface area contributed by atoms with Crippen LogP contribution in [-0.2, 0) is 6.54 Å². The normalized spacial score (nSPS) is 24.8. The molecule has 17 heavy (non-hydrogen) atoms. The zero-order valence-electron chi connectivity index (χ0n) is 11.1. The van der Waals surface area contributed by atoms with E-state index in [0.29, 0.717) is 0 Å². The van der Waals surface area contributed by atoms with Gasteiger partial charge in [0.25, 0.3) is 0 Å². The number of aliphatic hydroxyl groups excluding tert-OH is 1. The summed E-state index contributed by atoms with van der Waals surface area (Å²) in [6.45, 7) is 8.41. The second kappa shape index (κ2) is 4.79. The molecule has 1 aliphatic rings. The smallest absolute Gasteiger partial charge is 0.0719 e. The van der Waals surface area contributed by atoms with E-state index >= 15 is 0 Å². The molecule has 2 heteroatoms. The fourth-order valence-electron chi connectivity index (χ4n) is 2.52. The maximum atomic E-state index is 10.1. The molecule has 0 amide bonds. The van der Waals surface area contributed by atoms with Crippen LogP contribution in [-0.4, -0.2) is 28.2 Å². The first-order chi connectivity index (χ1) is 8.00. The molecule has 2 rings (SSSR count). The summed E-state index contributed by atoms with van der Waals surface area (Å²) >= 11 is 0. The quantitative estimate of drug-likeness (QED) is 0.849. The fourth-order valence-corrected chi connectivity index (χ4v) is 2.52. The second-order valence-electron chi connectivity index (χ2n) is 5.72. The standard InChI is InChI=1S/C15H23NO/c1-12-6-8-13(9-7-12)11-16-10-4-5-14(17)15(16,2)3/h6-9,14,17H,4-5,10-11H2,1-3H3. The highest BCUT2D eigenvalue weighted by atomic mass is 16.3. The van der Waals surface area contributed by atoms with Crippen molar-refractivity contribution in [1.29, 1.82) is 0 Å². The molecule has 94 valence electrons. The first-order valence-electron chi connectivity index (χ1n) is 6.49. The van der Waals surface area contributed by atoms with E-state index in [-0.39, 0.29) is 11.6 Å². The molecule has 1 aromatic rings.